The first kappa shape index (κ1) is 10.3. The van der Waals surface area contributed by atoms with Crippen LogP contribution in [-0.4, -0.2) is 10.4 Å². The Bertz CT molecular complexity index is 646. The van der Waals surface area contributed by atoms with E-state index in [2.05, 4.69) is 0 Å². The fourth-order valence-electron chi connectivity index (χ4n) is 2.10. The molecular formula is C13H13NO3. The van der Waals surface area contributed by atoms with Gasteiger partial charge in [0.15, 0.2) is 11.4 Å². The highest BCUT2D eigenvalue weighted by Gasteiger charge is 2.30. The molecule has 1 saturated carbocycles. The highest BCUT2D eigenvalue weighted by atomic mass is 16.4. The molecule has 1 heterocycles. The van der Waals surface area contributed by atoms with Crippen LogP contribution in [0.5, 0.6) is 0 Å². The number of fused-ring (bicyclic) bond motifs is 1. The van der Waals surface area contributed by atoms with Gasteiger partial charge in [-0.05, 0) is 38.0 Å². The number of rotatable bonds is 3. The van der Waals surface area contributed by atoms with Gasteiger partial charge >= 0.3 is 5.76 Å². The Morgan fingerprint density at radius 3 is 2.88 bits per heavy atom. The van der Waals surface area contributed by atoms with Crippen molar-refractivity contribution in [3.63, 3.8) is 0 Å². The molecule has 3 rings (SSSR count). The third kappa shape index (κ3) is 1.60. The van der Waals surface area contributed by atoms with Crippen LogP contribution >= 0.6 is 0 Å². The van der Waals surface area contributed by atoms with Crippen molar-refractivity contribution in [1.82, 2.24) is 4.57 Å². The molecule has 1 fully saturated rings. The van der Waals surface area contributed by atoms with E-state index in [-0.39, 0.29) is 17.5 Å². The number of hydrogen-bond donors (Lipinski definition) is 0. The molecule has 2 aromatic rings. The Hall–Kier alpha value is -1.84. The minimum atomic E-state index is -0.362. The molecule has 0 radical (unpaired) electrons. The second kappa shape index (κ2) is 3.58. The minimum Gasteiger partial charge on any atom is -0.408 e. The Balaban J connectivity index is 2.13. The second-order valence-corrected chi connectivity index (χ2v) is 4.43. The number of nitrogens with zero attached hydrogens (tertiary/aromatic N) is 1. The maximum Gasteiger partial charge on any atom is 0.419 e. The van der Waals surface area contributed by atoms with Crippen molar-refractivity contribution in [2.45, 2.75) is 26.3 Å². The lowest BCUT2D eigenvalue weighted by Crippen LogP contribution is -2.11. The smallest absolute Gasteiger partial charge is 0.408 e. The number of carbonyl (C=O) groups is 1. The summed E-state index contributed by atoms with van der Waals surface area (Å²) >= 11 is 0. The van der Waals surface area contributed by atoms with Gasteiger partial charge in [0.1, 0.15) is 0 Å². The molecule has 1 aliphatic carbocycles. The summed E-state index contributed by atoms with van der Waals surface area (Å²) in [5.74, 6) is -0.00949. The molecule has 0 amide bonds. The third-order valence-corrected chi connectivity index (χ3v) is 3.22. The summed E-state index contributed by atoms with van der Waals surface area (Å²) in [5, 5.41) is 0. The molecule has 17 heavy (non-hydrogen) atoms. The first-order valence-electron chi connectivity index (χ1n) is 5.88. The molecule has 0 bridgehead atoms. The largest absolute Gasteiger partial charge is 0.419 e. The van der Waals surface area contributed by atoms with Crippen molar-refractivity contribution in [1.29, 1.82) is 0 Å². The van der Waals surface area contributed by atoms with Gasteiger partial charge in [0.25, 0.3) is 0 Å². The maximum atomic E-state index is 11.9. The van der Waals surface area contributed by atoms with Gasteiger partial charge in [-0.3, -0.25) is 9.36 Å². The monoisotopic (exact) mass is 231 g/mol. The highest BCUT2D eigenvalue weighted by molar-refractivity contribution is 6.01. The molecule has 0 spiro atoms. The van der Waals surface area contributed by atoms with E-state index >= 15 is 0 Å². The summed E-state index contributed by atoms with van der Waals surface area (Å²) in [6, 6.07) is 5.26. The Morgan fingerprint density at radius 2 is 2.24 bits per heavy atom. The number of aromatic nitrogens is 1. The fourth-order valence-corrected chi connectivity index (χ4v) is 2.10. The van der Waals surface area contributed by atoms with Crippen LogP contribution in [0.2, 0.25) is 0 Å². The average Bonchev–Trinajstić information content (AvgIpc) is 3.10. The van der Waals surface area contributed by atoms with Gasteiger partial charge in [-0.2, -0.15) is 0 Å². The van der Waals surface area contributed by atoms with Crippen molar-refractivity contribution >= 4 is 16.9 Å². The van der Waals surface area contributed by atoms with Gasteiger partial charge in [0, 0.05) is 18.0 Å². The Labute approximate surface area is 97.8 Å². The van der Waals surface area contributed by atoms with Crippen LogP contribution in [0.4, 0.5) is 0 Å². The van der Waals surface area contributed by atoms with Gasteiger partial charge in [-0.15, -0.1) is 0 Å². The molecule has 0 aliphatic heterocycles. The maximum absolute atomic E-state index is 11.9. The summed E-state index contributed by atoms with van der Waals surface area (Å²) in [6.07, 6.45) is 1.97. The molecule has 4 nitrogen and oxygen atoms in total. The van der Waals surface area contributed by atoms with Crippen molar-refractivity contribution in [2.24, 2.45) is 5.92 Å². The Kier molecular flexibility index (Phi) is 2.18. The van der Waals surface area contributed by atoms with E-state index in [4.69, 9.17) is 4.42 Å². The van der Waals surface area contributed by atoms with Crippen LogP contribution < -0.4 is 5.76 Å². The predicted octanol–water partition coefficient (Wildman–Crippen LogP) is 2.21. The molecule has 0 N–H and O–H groups in total. The SMILES string of the molecule is CCn1c(=O)oc2cc(C(=O)C3CC3)ccc21. The van der Waals surface area contributed by atoms with Crippen LogP contribution in [0.1, 0.15) is 30.1 Å². The highest BCUT2D eigenvalue weighted by Crippen LogP contribution is 2.33. The summed E-state index contributed by atoms with van der Waals surface area (Å²) < 4.78 is 6.69. The van der Waals surface area contributed by atoms with Crippen LogP contribution in [0.3, 0.4) is 0 Å². The molecule has 4 heteroatoms. The molecule has 0 unspecified atom stereocenters. The van der Waals surface area contributed by atoms with E-state index in [0.29, 0.717) is 17.7 Å². The van der Waals surface area contributed by atoms with Crippen molar-refractivity contribution in [2.75, 3.05) is 0 Å². The number of ketones is 1. The Morgan fingerprint density at radius 1 is 1.47 bits per heavy atom. The van der Waals surface area contributed by atoms with E-state index in [1.807, 2.05) is 6.92 Å². The van der Waals surface area contributed by atoms with E-state index in [0.717, 1.165) is 18.4 Å². The van der Waals surface area contributed by atoms with Gasteiger partial charge in [-0.1, -0.05) is 0 Å². The third-order valence-electron chi connectivity index (χ3n) is 3.22. The zero-order valence-corrected chi connectivity index (χ0v) is 9.60. The molecule has 1 aliphatic rings. The molecule has 88 valence electrons. The topological polar surface area (TPSA) is 52.2 Å². The van der Waals surface area contributed by atoms with Crippen LogP contribution in [-0.2, 0) is 6.54 Å². The van der Waals surface area contributed by atoms with Gasteiger partial charge < -0.3 is 4.42 Å². The van der Waals surface area contributed by atoms with E-state index in [1.165, 1.54) is 0 Å². The van der Waals surface area contributed by atoms with Crippen molar-refractivity contribution < 1.29 is 9.21 Å². The zero-order valence-electron chi connectivity index (χ0n) is 9.60. The summed E-state index contributed by atoms with van der Waals surface area (Å²) in [4.78, 5) is 23.4. The fraction of sp³-hybridized carbons (Fsp3) is 0.385. The standard InChI is InChI=1S/C13H13NO3/c1-2-14-10-6-5-9(12(15)8-3-4-8)7-11(10)17-13(14)16/h5-8H,2-4H2,1H3. The lowest BCUT2D eigenvalue weighted by molar-refractivity contribution is 0.0967. The van der Waals surface area contributed by atoms with E-state index in [9.17, 15) is 9.59 Å². The normalized spacial score (nSPS) is 15.4. The van der Waals surface area contributed by atoms with Crippen LogP contribution in [0.25, 0.3) is 11.1 Å². The molecule has 1 aromatic heterocycles. The van der Waals surface area contributed by atoms with Crippen molar-refractivity contribution in [3.05, 3.63) is 34.3 Å². The zero-order chi connectivity index (χ0) is 12.0. The van der Waals surface area contributed by atoms with E-state index in [1.54, 1.807) is 22.8 Å². The number of oxazole rings is 1. The van der Waals surface area contributed by atoms with E-state index < -0.39 is 0 Å². The van der Waals surface area contributed by atoms with Crippen LogP contribution in [0.15, 0.2) is 27.4 Å². The van der Waals surface area contributed by atoms with Crippen molar-refractivity contribution in [3.8, 4) is 0 Å². The lowest BCUT2D eigenvalue weighted by atomic mass is 10.1. The quantitative estimate of drug-likeness (QED) is 0.761. The first-order valence-corrected chi connectivity index (χ1v) is 5.88. The van der Waals surface area contributed by atoms with Gasteiger partial charge in [-0.25, -0.2) is 4.79 Å². The number of Topliss-reactive ketones (excluding diaryl/α,β-unsaturated/α-hetero) is 1. The van der Waals surface area contributed by atoms with Gasteiger partial charge in [0.2, 0.25) is 0 Å². The molecule has 0 atom stereocenters. The lowest BCUT2D eigenvalue weighted by Gasteiger charge is -1.99. The molecular weight excluding hydrogens is 218 g/mol. The number of hydrogen-bond acceptors (Lipinski definition) is 3. The minimum absolute atomic E-state index is 0.166. The summed E-state index contributed by atoms with van der Waals surface area (Å²) in [7, 11) is 0. The number of aryl methyl sites for hydroxylation is 1. The summed E-state index contributed by atoms with van der Waals surface area (Å²) in [5.41, 5.74) is 1.91. The number of benzene rings is 1. The number of carbonyl (C=O) groups excluding carboxylic acids is 1. The van der Waals surface area contributed by atoms with Crippen LogP contribution in [0, 0.1) is 5.92 Å². The average molecular weight is 231 g/mol. The molecule has 1 aromatic carbocycles. The second-order valence-electron chi connectivity index (χ2n) is 4.43. The first-order chi connectivity index (χ1) is 8.20. The summed E-state index contributed by atoms with van der Waals surface area (Å²) in [6.45, 7) is 2.46. The van der Waals surface area contributed by atoms with Gasteiger partial charge in [0.05, 0.1) is 5.52 Å². The predicted molar refractivity (Wildman–Crippen MR) is 63.2 cm³/mol. The molecule has 0 saturated heterocycles.